The molecule has 31 heavy (non-hydrogen) atoms. The van der Waals surface area contributed by atoms with E-state index in [0.29, 0.717) is 6.04 Å². The Hall–Kier alpha value is -2.33. The van der Waals surface area contributed by atoms with E-state index in [4.69, 9.17) is 21.1 Å². The standard InChI is InChI=1S/C27H30ClNO2/c1-30-26-11-5-7-21(19-26)16-18-29-17-6-10-25(29)20-31-27(22-8-3-2-4-9-22)23-12-14-24(28)15-13-23/h2-5,7-9,11-15,19,25,27H,6,10,16-18,20H2,1H3. The summed E-state index contributed by atoms with van der Waals surface area (Å²) in [4.78, 5) is 2.57. The Morgan fingerprint density at radius 1 is 0.968 bits per heavy atom. The Bertz CT molecular complexity index is 945. The van der Waals surface area contributed by atoms with Crippen molar-refractivity contribution < 1.29 is 9.47 Å². The lowest BCUT2D eigenvalue weighted by molar-refractivity contribution is 0.0381. The Labute approximate surface area is 190 Å². The molecule has 1 aliphatic rings. The predicted octanol–water partition coefficient (Wildman–Crippen LogP) is 6.16. The Morgan fingerprint density at radius 3 is 2.52 bits per heavy atom. The summed E-state index contributed by atoms with van der Waals surface area (Å²) in [5.74, 6) is 0.924. The Kier molecular flexibility index (Phi) is 7.63. The highest BCUT2D eigenvalue weighted by atomic mass is 35.5. The van der Waals surface area contributed by atoms with Gasteiger partial charge in [0.2, 0.25) is 0 Å². The van der Waals surface area contributed by atoms with Crippen LogP contribution in [0.1, 0.15) is 35.6 Å². The lowest BCUT2D eigenvalue weighted by Gasteiger charge is -2.27. The van der Waals surface area contributed by atoms with Gasteiger partial charge < -0.3 is 9.47 Å². The van der Waals surface area contributed by atoms with E-state index in [1.807, 2.05) is 24.3 Å². The molecule has 1 aliphatic heterocycles. The van der Waals surface area contributed by atoms with E-state index in [1.165, 1.54) is 24.0 Å². The van der Waals surface area contributed by atoms with Gasteiger partial charge in [-0.15, -0.1) is 0 Å². The maximum atomic E-state index is 6.55. The number of methoxy groups -OCH3 is 1. The zero-order chi connectivity index (χ0) is 21.5. The number of ether oxygens (including phenoxy) is 2. The van der Waals surface area contributed by atoms with Gasteiger partial charge in [-0.2, -0.15) is 0 Å². The number of nitrogens with zero attached hydrogens (tertiary/aromatic N) is 1. The molecule has 1 heterocycles. The molecule has 2 atom stereocenters. The summed E-state index contributed by atoms with van der Waals surface area (Å²) in [6.07, 6.45) is 3.34. The van der Waals surface area contributed by atoms with Gasteiger partial charge in [-0.05, 0) is 66.8 Å². The van der Waals surface area contributed by atoms with E-state index in [9.17, 15) is 0 Å². The minimum absolute atomic E-state index is 0.0840. The van der Waals surface area contributed by atoms with E-state index in [-0.39, 0.29) is 6.10 Å². The third-order valence-corrected chi connectivity index (χ3v) is 6.30. The van der Waals surface area contributed by atoms with Crippen LogP contribution in [0.25, 0.3) is 0 Å². The summed E-state index contributed by atoms with van der Waals surface area (Å²) in [5.41, 5.74) is 3.62. The highest BCUT2D eigenvalue weighted by molar-refractivity contribution is 6.30. The van der Waals surface area contributed by atoms with Crippen LogP contribution in [0.3, 0.4) is 0 Å². The van der Waals surface area contributed by atoms with Crippen molar-refractivity contribution in [3.8, 4) is 5.75 Å². The lowest BCUT2D eigenvalue weighted by Crippen LogP contribution is -2.35. The zero-order valence-corrected chi connectivity index (χ0v) is 18.8. The average Bonchev–Trinajstić information content (AvgIpc) is 3.27. The van der Waals surface area contributed by atoms with Crippen LogP contribution in [0.15, 0.2) is 78.9 Å². The van der Waals surface area contributed by atoms with Gasteiger partial charge >= 0.3 is 0 Å². The van der Waals surface area contributed by atoms with Crippen LogP contribution >= 0.6 is 11.6 Å². The number of rotatable bonds is 9. The smallest absolute Gasteiger partial charge is 0.119 e. The van der Waals surface area contributed by atoms with E-state index in [0.717, 1.165) is 42.5 Å². The molecule has 0 amide bonds. The summed E-state index contributed by atoms with van der Waals surface area (Å²) in [6.45, 7) is 2.90. The van der Waals surface area contributed by atoms with Gasteiger partial charge in [0, 0.05) is 17.6 Å². The number of hydrogen-bond donors (Lipinski definition) is 0. The molecule has 2 unspecified atom stereocenters. The van der Waals surface area contributed by atoms with Gasteiger partial charge in [0.15, 0.2) is 0 Å². The molecule has 1 saturated heterocycles. The first-order valence-electron chi connectivity index (χ1n) is 11.0. The highest BCUT2D eigenvalue weighted by Gasteiger charge is 2.26. The molecule has 0 saturated carbocycles. The molecule has 0 aromatic heterocycles. The molecule has 0 aliphatic carbocycles. The van der Waals surface area contributed by atoms with Gasteiger partial charge in [0.25, 0.3) is 0 Å². The van der Waals surface area contributed by atoms with Crippen molar-refractivity contribution >= 4 is 11.6 Å². The zero-order valence-electron chi connectivity index (χ0n) is 18.0. The van der Waals surface area contributed by atoms with Crippen LogP contribution in [0.4, 0.5) is 0 Å². The molecule has 3 aromatic carbocycles. The molecule has 0 N–H and O–H groups in total. The van der Waals surface area contributed by atoms with Crippen molar-refractivity contribution in [2.24, 2.45) is 0 Å². The molecule has 3 nitrogen and oxygen atoms in total. The highest BCUT2D eigenvalue weighted by Crippen LogP contribution is 2.29. The van der Waals surface area contributed by atoms with Crippen LogP contribution < -0.4 is 4.74 Å². The first-order chi connectivity index (χ1) is 15.2. The number of hydrogen-bond acceptors (Lipinski definition) is 3. The van der Waals surface area contributed by atoms with Crippen molar-refractivity contribution in [2.45, 2.75) is 31.4 Å². The molecule has 4 heteroatoms. The van der Waals surface area contributed by atoms with Crippen molar-refractivity contribution in [2.75, 3.05) is 26.8 Å². The molecule has 0 spiro atoms. The van der Waals surface area contributed by atoms with Gasteiger partial charge in [0.05, 0.1) is 13.7 Å². The summed E-state index contributed by atoms with van der Waals surface area (Å²) in [7, 11) is 1.72. The minimum Gasteiger partial charge on any atom is -0.497 e. The lowest BCUT2D eigenvalue weighted by atomic mass is 10.0. The second-order valence-corrected chi connectivity index (χ2v) is 8.55. The normalized spacial score (nSPS) is 17.5. The van der Waals surface area contributed by atoms with Crippen molar-refractivity contribution in [3.63, 3.8) is 0 Å². The summed E-state index contributed by atoms with van der Waals surface area (Å²) >= 11 is 6.11. The van der Waals surface area contributed by atoms with E-state index in [1.54, 1.807) is 7.11 Å². The molecule has 162 valence electrons. The van der Waals surface area contributed by atoms with Crippen molar-refractivity contribution in [1.82, 2.24) is 4.90 Å². The second-order valence-electron chi connectivity index (χ2n) is 8.11. The van der Waals surface area contributed by atoms with Crippen LogP contribution in [-0.2, 0) is 11.2 Å². The molecule has 4 rings (SSSR count). The quantitative estimate of drug-likeness (QED) is 0.401. The molecular formula is C27H30ClNO2. The third kappa shape index (κ3) is 5.88. The van der Waals surface area contributed by atoms with Gasteiger partial charge in [-0.3, -0.25) is 4.90 Å². The molecular weight excluding hydrogens is 406 g/mol. The SMILES string of the molecule is COc1cccc(CCN2CCCC2COC(c2ccccc2)c2ccc(Cl)cc2)c1. The topological polar surface area (TPSA) is 21.7 Å². The Morgan fingerprint density at radius 2 is 1.74 bits per heavy atom. The van der Waals surface area contributed by atoms with Crippen molar-refractivity contribution in [3.05, 3.63) is 101 Å². The fourth-order valence-electron chi connectivity index (χ4n) is 4.34. The fraction of sp³-hybridized carbons (Fsp3) is 0.333. The van der Waals surface area contributed by atoms with Crippen molar-refractivity contribution in [1.29, 1.82) is 0 Å². The first-order valence-corrected chi connectivity index (χ1v) is 11.4. The summed E-state index contributed by atoms with van der Waals surface area (Å²) in [5, 5.41) is 0.745. The first kappa shape index (κ1) is 21.9. The van der Waals surface area contributed by atoms with Gasteiger partial charge in [-0.25, -0.2) is 0 Å². The van der Waals surface area contributed by atoms with E-state index >= 15 is 0 Å². The number of likely N-dealkylation sites (tertiary alicyclic amines) is 1. The fourth-order valence-corrected chi connectivity index (χ4v) is 4.46. The van der Waals surface area contributed by atoms with Gasteiger partial charge in [0.1, 0.15) is 11.9 Å². The minimum atomic E-state index is -0.0840. The summed E-state index contributed by atoms with van der Waals surface area (Å²) < 4.78 is 11.9. The van der Waals surface area contributed by atoms with E-state index < -0.39 is 0 Å². The second kappa shape index (κ2) is 10.8. The molecule has 1 fully saturated rings. The van der Waals surface area contributed by atoms with Gasteiger partial charge in [-0.1, -0.05) is 66.2 Å². The van der Waals surface area contributed by atoms with Crippen LogP contribution in [0.5, 0.6) is 5.75 Å². The summed E-state index contributed by atoms with van der Waals surface area (Å²) in [6, 6.07) is 27.3. The van der Waals surface area contributed by atoms with Crippen LogP contribution in [-0.4, -0.2) is 37.7 Å². The molecule has 3 aromatic rings. The molecule has 0 radical (unpaired) electrons. The molecule has 0 bridgehead atoms. The maximum absolute atomic E-state index is 6.55. The average molecular weight is 436 g/mol. The Balaban J connectivity index is 1.40. The predicted molar refractivity (Wildman–Crippen MR) is 127 cm³/mol. The van der Waals surface area contributed by atoms with Crippen LogP contribution in [0.2, 0.25) is 5.02 Å². The number of halogens is 1. The third-order valence-electron chi connectivity index (χ3n) is 6.05. The largest absolute Gasteiger partial charge is 0.497 e. The van der Waals surface area contributed by atoms with E-state index in [2.05, 4.69) is 59.5 Å². The monoisotopic (exact) mass is 435 g/mol. The number of benzene rings is 3. The maximum Gasteiger partial charge on any atom is 0.119 e. The van der Waals surface area contributed by atoms with Crippen LogP contribution in [0, 0.1) is 0 Å².